The molecule has 0 saturated heterocycles. The van der Waals surface area contributed by atoms with Gasteiger partial charge in [0, 0.05) is 6.04 Å². The van der Waals surface area contributed by atoms with Gasteiger partial charge in [0.15, 0.2) is 0 Å². The average molecular weight is 215 g/mol. The minimum atomic E-state index is -1.82. The third-order valence-corrected chi connectivity index (χ3v) is 4.94. The molecule has 1 atom stereocenters. The Morgan fingerprint density at radius 2 is 1.50 bits per heavy atom. The van der Waals surface area contributed by atoms with E-state index in [-0.39, 0.29) is 0 Å². The van der Waals surface area contributed by atoms with Gasteiger partial charge in [-0.15, -0.1) is 0 Å². The lowest BCUT2D eigenvalue weighted by Gasteiger charge is -2.54. The van der Waals surface area contributed by atoms with Crippen LogP contribution in [0.2, 0.25) is 0 Å². The van der Waals surface area contributed by atoms with Gasteiger partial charge in [-0.05, 0) is 55.8 Å². The summed E-state index contributed by atoms with van der Waals surface area (Å²) in [7, 11) is 0. The molecule has 4 fully saturated rings. The van der Waals surface area contributed by atoms with Crippen molar-refractivity contribution < 1.29 is 8.76 Å². The summed E-state index contributed by atoms with van der Waals surface area (Å²) in [6, 6.07) is 0.327. The minimum Gasteiger partial charge on any atom is -0.294 e. The smallest absolute Gasteiger partial charge is 0.231 e. The maximum Gasteiger partial charge on any atom is 0.231 e. The molecule has 1 unspecified atom stereocenters. The predicted molar refractivity (Wildman–Crippen MR) is 54.7 cm³/mol. The molecule has 2 N–H and O–H groups in total. The molecule has 0 aromatic carbocycles. The Hall–Kier alpha value is 0.0700. The minimum absolute atomic E-state index is 0.327. The second-order valence-electron chi connectivity index (χ2n) is 5.32. The first-order valence-electron chi connectivity index (χ1n) is 5.59. The van der Waals surface area contributed by atoms with Gasteiger partial charge in [0.2, 0.25) is 11.3 Å². The van der Waals surface area contributed by atoms with E-state index in [1.807, 2.05) is 0 Å². The van der Waals surface area contributed by atoms with Gasteiger partial charge in [0.1, 0.15) is 0 Å². The van der Waals surface area contributed by atoms with Crippen molar-refractivity contribution in [3.05, 3.63) is 0 Å². The first-order chi connectivity index (χ1) is 6.72. The van der Waals surface area contributed by atoms with Crippen LogP contribution in [-0.2, 0) is 11.3 Å². The van der Waals surface area contributed by atoms with Gasteiger partial charge < -0.3 is 0 Å². The van der Waals surface area contributed by atoms with Crippen LogP contribution in [0.4, 0.5) is 0 Å². The van der Waals surface area contributed by atoms with Gasteiger partial charge in [0.05, 0.1) is 0 Å². The first kappa shape index (κ1) is 9.31. The van der Waals surface area contributed by atoms with Crippen molar-refractivity contribution in [2.45, 2.75) is 38.1 Å². The number of nitrogens with one attached hydrogen (secondary N) is 1. The maximum absolute atomic E-state index is 10.8. The van der Waals surface area contributed by atoms with Gasteiger partial charge in [-0.1, -0.05) is 0 Å². The van der Waals surface area contributed by atoms with Gasteiger partial charge in [0.25, 0.3) is 0 Å². The number of hydrogen-bond donors (Lipinski definition) is 2. The van der Waals surface area contributed by atoms with Gasteiger partial charge in [-0.25, -0.2) is 8.93 Å². The van der Waals surface area contributed by atoms with Crippen molar-refractivity contribution in [2.24, 2.45) is 23.7 Å². The molecular formula is C10H17NO2S. The monoisotopic (exact) mass is 215 g/mol. The summed E-state index contributed by atoms with van der Waals surface area (Å²) in [6.45, 7) is 0. The molecule has 14 heavy (non-hydrogen) atoms. The van der Waals surface area contributed by atoms with E-state index in [0.29, 0.717) is 17.9 Å². The van der Waals surface area contributed by atoms with Crippen LogP contribution in [0.5, 0.6) is 0 Å². The third kappa shape index (κ3) is 1.44. The predicted octanol–water partition coefficient (Wildman–Crippen LogP) is 1.54. The SMILES string of the molecule is O=S(O)NC1C2CC3CC(C2)CC1C3. The first-order valence-corrected chi connectivity index (χ1v) is 6.70. The molecule has 0 spiro atoms. The van der Waals surface area contributed by atoms with Crippen molar-refractivity contribution in [3.8, 4) is 0 Å². The Morgan fingerprint density at radius 1 is 1.00 bits per heavy atom. The highest BCUT2D eigenvalue weighted by Gasteiger charge is 2.48. The average Bonchev–Trinajstić information content (AvgIpc) is 2.09. The molecule has 3 nitrogen and oxygen atoms in total. The summed E-state index contributed by atoms with van der Waals surface area (Å²) >= 11 is -1.82. The zero-order valence-electron chi connectivity index (χ0n) is 8.19. The van der Waals surface area contributed by atoms with Gasteiger partial charge in [-0.2, -0.15) is 0 Å². The lowest BCUT2D eigenvalue weighted by Crippen LogP contribution is -2.54. The Kier molecular flexibility index (Phi) is 2.18. The van der Waals surface area contributed by atoms with Crippen molar-refractivity contribution in [3.63, 3.8) is 0 Å². The Bertz CT molecular complexity index is 241. The Labute approximate surface area is 87.1 Å². The van der Waals surface area contributed by atoms with Crippen LogP contribution in [0.15, 0.2) is 0 Å². The van der Waals surface area contributed by atoms with Crippen LogP contribution < -0.4 is 4.72 Å². The van der Waals surface area contributed by atoms with Gasteiger partial charge >= 0.3 is 0 Å². The topological polar surface area (TPSA) is 49.3 Å². The van der Waals surface area contributed by atoms with E-state index in [9.17, 15) is 4.21 Å². The van der Waals surface area contributed by atoms with Crippen LogP contribution in [0.3, 0.4) is 0 Å². The second kappa shape index (κ2) is 3.29. The Morgan fingerprint density at radius 3 is 1.93 bits per heavy atom. The summed E-state index contributed by atoms with van der Waals surface area (Å²) in [6.07, 6.45) is 6.61. The highest BCUT2D eigenvalue weighted by atomic mass is 32.2. The molecule has 0 aromatic rings. The van der Waals surface area contributed by atoms with E-state index in [4.69, 9.17) is 4.55 Å². The fourth-order valence-corrected chi connectivity index (χ4v) is 4.85. The molecule has 4 rings (SSSR count). The zero-order valence-corrected chi connectivity index (χ0v) is 9.00. The molecule has 4 saturated carbocycles. The van der Waals surface area contributed by atoms with E-state index in [1.165, 1.54) is 32.1 Å². The van der Waals surface area contributed by atoms with Crippen molar-refractivity contribution >= 4 is 11.3 Å². The molecular weight excluding hydrogens is 198 g/mol. The van der Waals surface area contributed by atoms with E-state index in [0.717, 1.165) is 11.8 Å². The van der Waals surface area contributed by atoms with E-state index in [2.05, 4.69) is 4.72 Å². The standard InChI is InChI=1S/C10H17NO2S/c12-14(13)11-10-8-2-6-1-7(4-8)5-9(10)3-6/h6-11H,1-5H2,(H,12,13). The van der Waals surface area contributed by atoms with Crippen LogP contribution in [0.1, 0.15) is 32.1 Å². The van der Waals surface area contributed by atoms with E-state index >= 15 is 0 Å². The van der Waals surface area contributed by atoms with E-state index in [1.54, 1.807) is 0 Å². The largest absolute Gasteiger partial charge is 0.294 e. The summed E-state index contributed by atoms with van der Waals surface area (Å²) in [5.74, 6) is 3.23. The van der Waals surface area contributed by atoms with Crippen LogP contribution in [-0.4, -0.2) is 14.8 Å². The zero-order chi connectivity index (χ0) is 9.71. The molecule has 0 aliphatic heterocycles. The molecule has 4 aliphatic rings. The lowest BCUT2D eigenvalue weighted by atomic mass is 9.54. The summed E-state index contributed by atoms with van der Waals surface area (Å²) < 4.78 is 22.5. The van der Waals surface area contributed by atoms with Crippen molar-refractivity contribution in [2.75, 3.05) is 0 Å². The normalized spacial score (nSPS) is 52.2. The summed E-state index contributed by atoms with van der Waals surface area (Å²) in [5.41, 5.74) is 0. The highest BCUT2D eigenvalue weighted by molar-refractivity contribution is 7.77. The second-order valence-corrected chi connectivity index (χ2v) is 6.06. The van der Waals surface area contributed by atoms with Crippen LogP contribution in [0, 0.1) is 23.7 Å². The Balaban J connectivity index is 1.77. The van der Waals surface area contributed by atoms with Crippen LogP contribution >= 0.6 is 0 Å². The number of rotatable bonds is 2. The quantitative estimate of drug-likeness (QED) is 0.686. The summed E-state index contributed by atoms with van der Waals surface area (Å²) in [5, 5.41) is 0. The van der Waals surface area contributed by atoms with E-state index < -0.39 is 11.3 Å². The third-order valence-electron chi connectivity index (χ3n) is 4.46. The molecule has 4 heteroatoms. The molecule has 4 bridgehead atoms. The molecule has 80 valence electrons. The van der Waals surface area contributed by atoms with Crippen LogP contribution in [0.25, 0.3) is 0 Å². The van der Waals surface area contributed by atoms with Crippen molar-refractivity contribution in [1.29, 1.82) is 0 Å². The maximum atomic E-state index is 10.8. The molecule has 4 aliphatic carbocycles. The fourth-order valence-electron chi connectivity index (χ4n) is 4.23. The lowest BCUT2D eigenvalue weighted by molar-refractivity contribution is -0.00568. The highest BCUT2D eigenvalue weighted by Crippen LogP contribution is 2.53. The molecule has 0 amide bonds. The molecule has 0 heterocycles. The fraction of sp³-hybridized carbons (Fsp3) is 1.00. The van der Waals surface area contributed by atoms with Crippen molar-refractivity contribution in [1.82, 2.24) is 4.72 Å². The summed E-state index contributed by atoms with van der Waals surface area (Å²) in [4.78, 5) is 0. The molecule has 0 aromatic heterocycles. The van der Waals surface area contributed by atoms with Gasteiger partial charge in [-0.3, -0.25) is 4.55 Å². The number of hydrogen-bond acceptors (Lipinski definition) is 1. The molecule has 0 radical (unpaired) electrons.